The van der Waals surface area contributed by atoms with E-state index in [9.17, 15) is 9.59 Å². The van der Waals surface area contributed by atoms with Gasteiger partial charge in [-0.2, -0.15) is 0 Å². The number of hydrogen-bond acceptors (Lipinski definition) is 6. The molecule has 198 valence electrons. The molecule has 0 bridgehead atoms. The van der Waals surface area contributed by atoms with Crippen LogP contribution in [0.2, 0.25) is 6.04 Å². The second-order valence-electron chi connectivity index (χ2n) is 8.37. The molecule has 2 aromatic carbocycles. The fourth-order valence-corrected chi connectivity index (χ4v) is 6.51. The average molecular weight is 516 g/mol. The van der Waals surface area contributed by atoms with Crippen molar-refractivity contribution in [1.29, 1.82) is 0 Å². The maximum atomic E-state index is 13.1. The van der Waals surface area contributed by atoms with Crippen molar-refractivity contribution in [3.05, 3.63) is 60.7 Å². The van der Waals surface area contributed by atoms with E-state index in [0.717, 1.165) is 11.4 Å². The van der Waals surface area contributed by atoms with Gasteiger partial charge in [-0.15, -0.1) is 0 Å². The number of carbonyl (C=O) groups excluding carboxylic acids is 2. The fourth-order valence-electron chi connectivity index (χ4n) is 3.92. The molecule has 0 fully saturated rings. The molecule has 0 aromatic heterocycles. The number of anilines is 2. The van der Waals surface area contributed by atoms with Gasteiger partial charge in [-0.1, -0.05) is 36.4 Å². The molecule has 0 aliphatic carbocycles. The molecular weight excluding hydrogens is 474 g/mol. The van der Waals surface area contributed by atoms with Crippen molar-refractivity contribution < 1.29 is 22.9 Å². The van der Waals surface area contributed by atoms with Crippen molar-refractivity contribution in [2.45, 2.75) is 33.2 Å². The quantitative estimate of drug-likeness (QED) is 0.314. The van der Waals surface area contributed by atoms with Crippen molar-refractivity contribution in [2.24, 2.45) is 0 Å². The molecule has 8 nitrogen and oxygen atoms in total. The van der Waals surface area contributed by atoms with Crippen LogP contribution < -0.4 is 9.80 Å². The van der Waals surface area contributed by atoms with Crippen molar-refractivity contribution >= 4 is 32.0 Å². The molecule has 36 heavy (non-hydrogen) atoms. The zero-order valence-corrected chi connectivity index (χ0v) is 23.3. The smallest absolute Gasteiger partial charge is 0.374 e. The van der Waals surface area contributed by atoms with Crippen LogP contribution in [-0.2, 0) is 22.9 Å². The molecule has 0 aliphatic heterocycles. The zero-order chi connectivity index (χ0) is 26.4. The van der Waals surface area contributed by atoms with Gasteiger partial charge in [0.2, 0.25) is 11.8 Å². The average Bonchev–Trinajstić information content (AvgIpc) is 2.89. The molecule has 0 spiro atoms. The maximum Gasteiger partial charge on any atom is 0.500 e. The topological polar surface area (TPSA) is 71.6 Å². The monoisotopic (exact) mass is 515 g/mol. The Labute approximate surface area is 217 Å². The third-order valence-electron chi connectivity index (χ3n) is 5.80. The van der Waals surface area contributed by atoms with E-state index in [1.807, 2.05) is 86.3 Å². The van der Waals surface area contributed by atoms with Crippen molar-refractivity contribution in [3.8, 4) is 0 Å². The zero-order valence-electron chi connectivity index (χ0n) is 22.3. The summed E-state index contributed by atoms with van der Waals surface area (Å²) in [6, 6.07) is 19.6. The molecule has 0 saturated heterocycles. The van der Waals surface area contributed by atoms with E-state index in [1.54, 1.807) is 23.9 Å². The Morgan fingerprint density at radius 2 is 1.08 bits per heavy atom. The van der Waals surface area contributed by atoms with Crippen molar-refractivity contribution in [2.75, 3.05) is 63.4 Å². The summed E-state index contributed by atoms with van der Waals surface area (Å²) in [5, 5.41) is 0. The Morgan fingerprint density at radius 3 is 1.44 bits per heavy atom. The predicted molar refractivity (Wildman–Crippen MR) is 146 cm³/mol. The van der Waals surface area contributed by atoms with Gasteiger partial charge in [-0.05, 0) is 58.0 Å². The Hall–Kier alpha value is -2.56. The largest absolute Gasteiger partial charge is 0.500 e. The molecule has 2 rings (SSSR count). The van der Waals surface area contributed by atoms with Gasteiger partial charge in [-0.3, -0.25) is 14.5 Å². The highest BCUT2D eigenvalue weighted by Gasteiger charge is 2.40. The minimum absolute atomic E-state index is 0.0840. The molecule has 2 aromatic rings. The summed E-state index contributed by atoms with van der Waals surface area (Å²) in [6.45, 7) is 8.10. The number of carbonyl (C=O) groups is 2. The van der Waals surface area contributed by atoms with E-state index < -0.39 is 8.80 Å². The van der Waals surface area contributed by atoms with Gasteiger partial charge in [0, 0.05) is 51.3 Å². The summed E-state index contributed by atoms with van der Waals surface area (Å²) >= 11 is 0. The van der Waals surface area contributed by atoms with Crippen LogP contribution >= 0.6 is 0 Å². The van der Waals surface area contributed by atoms with Crippen LogP contribution in [0.4, 0.5) is 11.4 Å². The van der Waals surface area contributed by atoms with Crippen LogP contribution in [0.5, 0.6) is 0 Å². The summed E-state index contributed by atoms with van der Waals surface area (Å²) in [4.78, 5) is 31.4. The lowest BCUT2D eigenvalue weighted by molar-refractivity contribution is -0.122. The molecule has 0 heterocycles. The van der Waals surface area contributed by atoms with Gasteiger partial charge in [0.15, 0.2) is 0 Å². The number of amides is 2. The Balaban J connectivity index is 2.13. The number of hydrogen-bond donors (Lipinski definition) is 0. The van der Waals surface area contributed by atoms with Crippen LogP contribution in [0.3, 0.4) is 0 Å². The maximum absolute atomic E-state index is 13.1. The van der Waals surface area contributed by atoms with Gasteiger partial charge in [0.1, 0.15) is 0 Å². The number of para-hydroxylation sites is 2. The molecule has 0 radical (unpaired) electrons. The summed E-state index contributed by atoms with van der Waals surface area (Å²) in [5.74, 6) is -0.168. The van der Waals surface area contributed by atoms with E-state index in [1.165, 1.54) is 0 Å². The molecule has 0 unspecified atom stereocenters. The van der Waals surface area contributed by atoms with E-state index >= 15 is 0 Å². The summed E-state index contributed by atoms with van der Waals surface area (Å²) in [7, 11) is 0.701. The SMILES string of the molecule is CCO[Si](CCCN(CC(=O)N(C)c1ccccc1)CC(=O)N(C)c1ccccc1)(OCC)OCC. The van der Waals surface area contributed by atoms with E-state index in [0.29, 0.717) is 38.8 Å². The van der Waals surface area contributed by atoms with Crippen LogP contribution in [0.1, 0.15) is 27.2 Å². The molecule has 9 heteroatoms. The van der Waals surface area contributed by atoms with Gasteiger partial charge in [0.05, 0.1) is 13.1 Å². The third-order valence-corrected chi connectivity index (χ3v) is 8.95. The molecule has 0 atom stereocenters. The van der Waals surface area contributed by atoms with Gasteiger partial charge in [-0.25, -0.2) is 0 Å². The van der Waals surface area contributed by atoms with Crippen LogP contribution in [-0.4, -0.2) is 79.1 Å². The number of likely N-dealkylation sites (N-methyl/N-ethyl adjacent to an activating group) is 2. The van der Waals surface area contributed by atoms with Crippen molar-refractivity contribution in [1.82, 2.24) is 4.90 Å². The molecule has 2 amide bonds. The lowest BCUT2D eigenvalue weighted by Gasteiger charge is -2.30. The van der Waals surface area contributed by atoms with Crippen LogP contribution in [0.25, 0.3) is 0 Å². The second-order valence-corrected chi connectivity index (χ2v) is 11.1. The second kappa shape index (κ2) is 15.5. The molecule has 0 aliphatic rings. The first kappa shape index (κ1) is 29.7. The third kappa shape index (κ3) is 9.14. The van der Waals surface area contributed by atoms with E-state index in [-0.39, 0.29) is 24.9 Å². The minimum Gasteiger partial charge on any atom is -0.374 e. The highest BCUT2D eigenvalue weighted by molar-refractivity contribution is 6.60. The molecule has 0 saturated carbocycles. The highest BCUT2D eigenvalue weighted by atomic mass is 28.4. The van der Waals surface area contributed by atoms with Gasteiger partial charge >= 0.3 is 8.80 Å². The first-order chi connectivity index (χ1) is 17.4. The van der Waals surface area contributed by atoms with Gasteiger partial charge in [0.25, 0.3) is 0 Å². The number of benzene rings is 2. The normalized spacial score (nSPS) is 11.5. The Morgan fingerprint density at radius 1 is 0.694 bits per heavy atom. The van der Waals surface area contributed by atoms with Crippen LogP contribution in [0, 0.1) is 0 Å². The molecular formula is C27H41N3O5Si. The van der Waals surface area contributed by atoms with Crippen LogP contribution in [0.15, 0.2) is 60.7 Å². The fraction of sp³-hybridized carbons (Fsp3) is 0.481. The summed E-state index contributed by atoms with van der Waals surface area (Å²) in [6.07, 6.45) is 0.677. The minimum atomic E-state index is -2.81. The van der Waals surface area contributed by atoms with E-state index in [2.05, 4.69) is 0 Å². The standard InChI is InChI=1S/C27H41N3O5Si/c1-6-33-36(34-7-2,35-8-3)21-15-20-30(22-26(31)28(4)24-16-11-9-12-17-24)23-27(32)29(5)25-18-13-10-14-19-25/h9-14,16-19H,6-8,15,20-23H2,1-5H3. The number of nitrogens with zero attached hydrogens (tertiary/aromatic N) is 3. The van der Waals surface area contributed by atoms with Gasteiger partial charge < -0.3 is 23.1 Å². The van der Waals surface area contributed by atoms with E-state index in [4.69, 9.17) is 13.3 Å². The Bertz CT molecular complexity index is 840. The highest BCUT2D eigenvalue weighted by Crippen LogP contribution is 2.19. The first-order valence-electron chi connectivity index (χ1n) is 12.6. The lowest BCUT2D eigenvalue weighted by atomic mass is 10.2. The lowest BCUT2D eigenvalue weighted by Crippen LogP contribution is -2.47. The molecule has 0 N–H and O–H groups in total. The predicted octanol–water partition coefficient (Wildman–Crippen LogP) is 4.05. The van der Waals surface area contributed by atoms with Crippen molar-refractivity contribution in [3.63, 3.8) is 0 Å². The number of rotatable bonds is 16. The summed E-state index contributed by atoms with van der Waals surface area (Å²) < 4.78 is 17.9. The Kier molecular flexibility index (Phi) is 12.8. The summed E-state index contributed by atoms with van der Waals surface area (Å²) in [5.41, 5.74) is 1.62. The first-order valence-corrected chi connectivity index (χ1v) is 14.6.